The number of hydrogen-bond donors (Lipinski definition) is 1. The Morgan fingerprint density at radius 2 is 2.17 bits per heavy atom. The van der Waals surface area contributed by atoms with Crippen LogP contribution in [-0.2, 0) is 6.54 Å². The van der Waals surface area contributed by atoms with Crippen LogP contribution in [0.25, 0.3) is 0 Å². The molecular weight excluding hydrogens is 248 g/mol. The highest BCUT2D eigenvalue weighted by Gasteiger charge is 2.31. The molecule has 5 heteroatoms. The highest BCUT2D eigenvalue weighted by Crippen LogP contribution is 2.37. The summed E-state index contributed by atoms with van der Waals surface area (Å²) in [5.41, 5.74) is 0.265. The molecule has 102 valence electrons. The summed E-state index contributed by atoms with van der Waals surface area (Å²) in [6.07, 6.45) is 9.31. The van der Waals surface area contributed by atoms with Crippen molar-refractivity contribution in [3.8, 4) is 0 Å². The number of nitrogens with zero attached hydrogens (tertiary/aromatic N) is 3. The van der Waals surface area contributed by atoms with Crippen molar-refractivity contribution >= 4 is 17.4 Å². The molecular formula is C13H23ClN4. The average molecular weight is 271 g/mol. The van der Waals surface area contributed by atoms with E-state index in [1.165, 1.54) is 32.1 Å². The first-order valence-electron chi connectivity index (χ1n) is 6.98. The molecule has 0 amide bonds. The highest BCUT2D eigenvalue weighted by molar-refractivity contribution is 6.18. The van der Waals surface area contributed by atoms with Crippen LogP contribution in [0.1, 0.15) is 45.4 Å². The molecule has 4 nitrogen and oxygen atoms in total. The molecule has 1 fully saturated rings. The zero-order valence-corrected chi connectivity index (χ0v) is 11.9. The molecule has 1 aromatic heterocycles. The molecule has 0 radical (unpaired) electrons. The topological polar surface area (TPSA) is 42.7 Å². The van der Waals surface area contributed by atoms with E-state index in [0.29, 0.717) is 0 Å². The monoisotopic (exact) mass is 270 g/mol. The molecule has 0 saturated heterocycles. The Bertz CT molecular complexity index is 358. The number of halogens is 1. The number of aromatic nitrogens is 3. The van der Waals surface area contributed by atoms with E-state index in [1.54, 1.807) is 6.20 Å². The van der Waals surface area contributed by atoms with Crippen LogP contribution in [0, 0.1) is 5.41 Å². The van der Waals surface area contributed by atoms with Crippen LogP contribution in [0.4, 0.5) is 5.82 Å². The van der Waals surface area contributed by atoms with Crippen LogP contribution in [-0.4, -0.2) is 27.4 Å². The Balaban J connectivity index is 1.94. The van der Waals surface area contributed by atoms with Gasteiger partial charge in [-0.25, -0.2) is 4.68 Å². The molecule has 0 aliphatic heterocycles. The SMILES string of the molecule is CCCn1nncc1NCC1(CCl)CCCCC1. The minimum atomic E-state index is 0.265. The molecule has 0 atom stereocenters. The molecule has 1 aliphatic carbocycles. The van der Waals surface area contributed by atoms with Crippen molar-refractivity contribution in [2.75, 3.05) is 17.7 Å². The second-order valence-electron chi connectivity index (χ2n) is 5.39. The second-order valence-corrected chi connectivity index (χ2v) is 5.66. The normalized spacial score (nSPS) is 18.8. The number of anilines is 1. The maximum absolute atomic E-state index is 6.20. The lowest BCUT2D eigenvalue weighted by Crippen LogP contribution is -2.34. The molecule has 0 aromatic carbocycles. The summed E-state index contributed by atoms with van der Waals surface area (Å²) in [6.45, 7) is 4.00. The summed E-state index contributed by atoms with van der Waals surface area (Å²) in [4.78, 5) is 0. The van der Waals surface area contributed by atoms with E-state index in [1.807, 2.05) is 4.68 Å². The van der Waals surface area contributed by atoms with Gasteiger partial charge in [0.1, 0.15) is 5.82 Å². The largest absolute Gasteiger partial charge is 0.368 e. The van der Waals surface area contributed by atoms with Crippen LogP contribution in [0.3, 0.4) is 0 Å². The smallest absolute Gasteiger partial charge is 0.144 e. The van der Waals surface area contributed by atoms with Gasteiger partial charge in [0.25, 0.3) is 0 Å². The van der Waals surface area contributed by atoms with Gasteiger partial charge >= 0.3 is 0 Å². The van der Waals surface area contributed by atoms with E-state index in [2.05, 4.69) is 22.6 Å². The van der Waals surface area contributed by atoms with Gasteiger partial charge in [-0.1, -0.05) is 31.4 Å². The van der Waals surface area contributed by atoms with E-state index in [9.17, 15) is 0 Å². The molecule has 0 spiro atoms. The predicted molar refractivity (Wildman–Crippen MR) is 75.0 cm³/mol. The van der Waals surface area contributed by atoms with Crippen LogP contribution >= 0.6 is 11.6 Å². The molecule has 1 saturated carbocycles. The lowest BCUT2D eigenvalue weighted by atomic mass is 9.75. The van der Waals surface area contributed by atoms with Crippen molar-refractivity contribution in [3.63, 3.8) is 0 Å². The maximum Gasteiger partial charge on any atom is 0.144 e. The quantitative estimate of drug-likeness (QED) is 0.807. The van der Waals surface area contributed by atoms with Gasteiger partial charge in [-0.3, -0.25) is 0 Å². The fourth-order valence-corrected chi connectivity index (χ4v) is 3.07. The zero-order chi connectivity index (χ0) is 12.8. The fourth-order valence-electron chi connectivity index (χ4n) is 2.71. The van der Waals surface area contributed by atoms with E-state index in [-0.39, 0.29) is 5.41 Å². The third-order valence-electron chi connectivity index (χ3n) is 3.90. The van der Waals surface area contributed by atoms with Gasteiger partial charge in [0.05, 0.1) is 6.20 Å². The summed E-state index contributed by atoms with van der Waals surface area (Å²) < 4.78 is 1.94. The lowest BCUT2D eigenvalue weighted by Gasteiger charge is -2.35. The van der Waals surface area contributed by atoms with Gasteiger partial charge in [-0.15, -0.1) is 16.7 Å². The summed E-state index contributed by atoms with van der Waals surface area (Å²) in [7, 11) is 0. The Hall–Kier alpha value is -0.770. The lowest BCUT2D eigenvalue weighted by molar-refractivity contribution is 0.237. The van der Waals surface area contributed by atoms with Gasteiger partial charge in [-0.2, -0.15) is 0 Å². The molecule has 0 unspecified atom stereocenters. The first-order chi connectivity index (χ1) is 8.79. The van der Waals surface area contributed by atoms with Crippen LogP contribution < -0.4 is 5.32 Å². The average Bonchev–Trinajstić information content (AvgIpc) is 2.86. The summed E-state index contributed by atoms with van der Waals surface area (Å²) in [5, 5.41) is 11.6. The van der Waals surface area contributed by atoms with E-state index in [4.69, 9.17) is 11.6 Å². The van der Waals surface area contributed by atoms with Crippen molar-refractivity contribution in [2.45, 2.75) is 52.0 Å². The summed E-state index contributed by atoms with van der Waals surface area (Å²) in [5.74, 6) is 1.77. The number of rotatable bonds is 6. The Morgan fingerprint density at radius 1 is 1.39 bits per heavy atom. The summed E-state index contributed by atoms with van der Waals surface area (Å²) >= 11 is 6.20. The molecule has 1 aliphatic rings. The third-order valence-corrected chi connectivity index (χ3v) is 4.46. The second kappa shape index (κ2) is 6.41. The van der Waals surface area contributed by atoms with E-state index < -0.39 is 0 Å². The molecule has 18 heavy (non-hydrogen) atoms. The number of alkyl halides is 1. The Kier molecular flexibility index (Phi) is 4.87. The molecule has 1 heterocycles. The van der Waals surface area contributed by atoms with Gasteiger partial charge in [0, 0.05) is 24.4 Å². The first-order valence-corrected chi connectivity index (χ1v) is 7.51. The van der Waals surface area contributed by atoms with Gasteiger partial charge in [0.15, 0.2) is 0 Å². The fraction of sp³-hybridized carbons (Fsp3) is 0.846. The number of nitrogens with one attached hydrogen (secondary N) is 1. The summed E-state index contributed by atoms with van der Waals surface area (Å²) in [6, 6.07) is 0. The van der Waals surface area contributed by atoms with Crippen LogP contribution in [0.2, 0.25) is 0 Å². The van der Waals surface area contributed by atoms with Crippen molar-refractivity contribution in [3.05, 3.63) is 6.20 Å². The minimum absolute atomic E-state index is 0.265. The van der Waals surface area contributed by atoms with Crippen molar-refractivity contribution in [1.82, 2.24) is 15.0 Å². The predicted octanol–water partition coefficient (Wildman–Crippen LogP) is 3.29. The Morgan fingerprint density at radius 3 is 2.83 bits per heavy atom. The first kappa shape index (κ1) is 13.7. The molecule has 1 N–H and O–H groups in total. The van der Waals surface area contributed by atoms with Gasteiger partial charge in [0.2, 0.25) is 0 Å². The van der Waals surface area contributed by atoms with Crippen LogP contribution in [0.5, 0.6) is 0 Å². The van der Waals surface area contributed by atoms with E-state index >= 15 is 0 Å². The van der Waals surface area contributed by atoms with Crippen molar-refractivity contribution < 1.29 is 0 Å². The molecule has 1 aromatic rings. The highest BCUT2D eigenvalue weighted by atomic mass is 35.5. The number of hydrogen-bond acceptors (Lipinski definition) is 3. The Labute approximate surface area is 114 Å². The van der Waals surface area contributed by atoms with E-state index in [0.717, 1.165) is 31.2 Å². The zero-order valence-electron chi connectivity index (χ0n) is 11.2. The minimum Gasteiger partial charge on any atom is -0.368 e. The third kappa shape index (κ3) is 3.16. The van der Waals surface area contributed by atoms with Gasteiger partial charge in [-0.05, 0) is 19.3 Å². The molecule has 2 rings (SSSR count). The standard InChI is InChI=1S/C13H23ClN4/c1-2-8-18-12(9-16-17-18)15-11-13(10-14)6-4-3-5-7-13/h9,15H,2-8,10-11H2,1H3. The van der Waals surface area contributed by atoms with Crippen molar-refractivity contribution in [1.29, 1.82) is 0 Å². The van der Waals surface area contributed by atoms with Crippen molar-refractivity contribution in [2.24, 2.45) is 5.41 Å². The number of aryl methyl sites for hydroxylation is 1. The maximum atomic E-state index is 6.20. The molecule has 0 bridgehead atoms. The van der Waals surface area contributed by atoms with Gasteiger partial charge < -0.3 is 5.32 Å². The van der Waals surface area contributed by atoms with Crippen LogP contribution in [0.15, 0.2) is 6.20 Å².